The van der Waals surface area contributed by atoms with E-state index in [9.17, 15) is 9.59 Å². The molecule has 1 amide bonds. The van der Waals surface area contributed by atoms with E-state index in [1.165, 1.54) is 32.1 Å². The van der Waals surface area contributed by atoms with Crippen molar-refractivity contribution in [2.24, 2.45) is 23.0 Å². The molecule has 5 heteroatoms. The summed E-state index contributed by atoms with van der Waals surface area (Å²) in [5.74, 6) is 0.488. The maximum absolute atomic E-state index is 12.8. The SMILES string of the molecule is CCOC(=O)C(C)(C)c1ccc(NC(=O)[C@@H](N)C(C2CCC2)C2(C)CC2)cc1. The van der Waals surface area contributed by atoms with Gasteiger partial charge in [-0.25, -0.2) is 0 Å². The molecule has 2 saturated carbocycles. The van der Waals surface area contributed by atoms with Crippen molar-refractivity contribution in [1.82, 2.24) is 0 Å². The first-order valence-corrected chi connectivity index (χ1v) is 10.5. The van der Waals surface area contributed by atoms with Gasteiger partial charge in [-0.15, -0.1) is 0 Å². The van der Waals surface area contributed by atoms with Crippen LogP contribution in [0.5, 0.6) is 0 Å². The molecule has 5 nitrogen and oxygen atoms in total. The van der Waals surface area contributed by atoms with Crippen LogP contribution in [0.2, 0.25) is 0 Å². The number of rotatable bonds is 8. The lowest BCUT2D eigenvalue weighted by molar-refractivity contribution is -0.148. The second-order valence-electron chi connectivity index (χ2n) is 9.31. The predicted molar refractivity (Wildman–Crippen MR) is 111 cm³/mol. The normalized spacial score (nSPS) is 20.6. The Kier molecular flexibility index (Phi) is 5.85. The predicted octanol–water partition coefficient (Wildman–Crippen LogP) is 4.01. The van der Waals surface area contributed by atoms with E-state index in [4.69, 9.17) is 10.5 Å². The monoisotopic (exact) mass is 386 g/mol. The summed E-state index contributed by atoms with van der Waals surface area (Å²) in [5, 5.41) is 2.98. The number of anilines is 1. The molecule has 0 spiro atoms. The summed E-state index contributed by atoms with van der Waals surface area (Å²) in [6, 6.07) is 6.91. The Balaban J connectivity index is 1.66. The summed E-state index contributed by atoms with van der Waals surface area (Å²) < 4.78 is 5.16. The third-order valence-corrected chi connectivity index (χ3v) is 6.85. The van der Waals surface area contributed by atoms with Crippen LogP contribution in [0.4, 0.5) is 5.69 Å². The Labute approximate surface area is 168 Å². The zero-order chi connectivity index (χ0) is 20.5. The zero-order valence-electron chi connectivity index (χ0n) is 17.6. The molecule has 0 radical (unpaired) electrons. The maximum atomic E-state index is 12.8. The van der Waals surface area contributed by atoms with Gasteiger partial charge in [-0.1, -0.05) is 38.3 Å². The lowest BCUT2D eigenvalue weighted by Gasteiger charge is -2.40. The van der Waals surface area contributed by atoms with Gasteiger partial charge in [0.25, 0.3) is 0 Å². The van der Waals surface area contributed by atoms with Crippen LogP contribution in [0.3, 0.4) is 0 Å². The lowest BCUT2D eigenvalue weighted by Crippen LogP contribution is -2.49. The van der Waals surface area contributed by atoms with E-state index in [-0.39, 0.29) is 23.2 Å². The number of hydrogen-bond acceptors (Lipinski definition) is 4. The summed E-state index contributed by atoms with van der Waals surface area (Å²) >= 11 is 0. The van der Waals surface area contributed by atoms with Gasteiger partial charge in [0.05, 0.1) is 18.1 Å². The van der Waals surface area contributed by atoms with Crippen molar-refractivity contribution in [2.75, 3.05) is 11.9 Å². The van der Waals surface area contributed by atoms with Crippen LogP contribution in [0.25, 0.3) is 0 Å². The Bertz CT molecular complexity index is 718. The molecule has 1 aromatic carbocycles. The number of benzene rings is 1. The Morgan fingerprint density at radius 2 is 1.86 bits per heavy atom. The maximum Gasteiger partial charge on any atom is 0.315 e. The number of carbonyl (C=O) groups is 2. The molecule has 2 aliphatic carbocycles. The molecule has 0 aromatic heterocycles. The molecular weight excluding hydrogens is 352 g/mol. The smallest absolute Gasteiger partial charge is 0.315 e. The number of esters is 1. The highest BCUT2D eigenvalue weighted by atomic mass is 16.5. The topological polar surface area (TPSA) is 81.4 Å². The van der Waals surface area contributed by atoms with E-state index in [1.54, 1.807) is 6.92 Å². The first kappa shape index (κ1) is 20.8. The van der Waals surface area contributed by atoms with Crippen molar-refractivity contribution in [3.05, 3.63) is 29.8 Å². The van der Waals surface area contributed by atoms with Crippen molar-refractivity contribution >= 4 is 17.6 Å². The van der Waals surface area contributed by atoms with Crippen molar-refractivity contribution in [2.45, 2.75) is 71.3 Å². The summed E-state index contributed by atoms with van der Waals surface area (Å²) in [5.41, 5.74) is 7.50. The second kappa shape index (κ2) is 7.86. The van der Waals surface area contributed by atoms with Gasteiger partial charge < -0.3 is 15.8 Å². The van der Waals surface area contributed by atoms with Crippen LogP contribution >= 0.6 is 0 Å². The second-order valence-corrected chi connectivity index (χ2v) is 9.31. The molecule has 2 atom stereocenters. The molecule has 0 bridgehead atoms. The van der Waals surface area contributed by atoms with Gasteiger partial charge in [-0.3, -0.25) is 9.59 Å². The first-order chi connectivity index (χ1) is 13.2. The molecule has 3 rings (SSSR count). The number of nitrogens with one attached hydrogen (secondary N) is 1. The fourth-order valence-electron chi connectivity index (χ4n) is 4.41. The third-order valence-electron chi connectivity index (χ3n) is 6.85. The summed E-state index contributed by atoms with van der Waals surface area (Å²) in [7, 11) is 0. The molecule has 1 unspecified atom stereocenters. The van der Waals surface area contributed by atoms with Crippen LogP contribution in [-0.4, -0.2) is 24.5 Å². The van der Waals surface area contributed by atoms with Crippen LogP contribution in [0.1, 0.15) is 65.4 Å². The minimum absolute atomic E-state index is 0.109. The van der Waals surface area contributed by atoms with E-state index in [2.05, 4.69) is 12.2 Å². The highest BCUT2D eigenvalue weighted by molar-refractivity contribution is 5.95. The summed E-state index contributed by atoms with van der Waals surface area (Å²) in [6.45, 7) is 8.11. The number of hydrogen-bond donors (Lipinski definition) is 2. The van der Waals surface area contributed by atoms with Crippen LogP contribution in [0.15, 0.2) is 24.3 Å². The molecule has 0 aliphatic heterocycles. The summed E-state index contributed by atoms with van der Waals surface area (Å²) in [4.78, 5) is 25.0. The number of carbonyl (C=O) groups excluding carboxylic acids is 2. The van der Waals surface area contributed by atoms with Crippen molar-refractivity contribution in [3.63, 3.8) is 0 Å². The van der Waals surface area contributed by atoms with Gasteiger partial charge in [0.1, 0.15) is 0 Å². The zero-order valence-corrected chi connectivity index (χ0v) is 17.6. The van der Waals surface area contributed by atoms with Crippen molar-refractivity contribution < 1.29 is 14.3 Å². The Morgan fingerprint density at radius 1 is 1.25 bits per heavy atom. The highest BCUT2D eigenvalue weighted by Gasteiger charge is 2.52. The van der Waals surface area contributed by atoms with E-state index in [0.29, 0.717) is 18.2 Å². The molecule has 0 heterocycles. The van der Waals surface area contributed by atoms with E-state index in [1.807, 2.05) is 38.1 Å². The molecule has 1 aromatic rings. The van der Waals surface area contributed by atoms with E-state index >= 15 is 0 Å². The molecule has 0 saturated heterocycles. The van der Waals surface area contributed by atoms with E-state index < -0.39 is 11.5 Å². The summed E-state index contributed by atoms with van der Waals surface area (Å²) in [6.07, 6.45) is 5.99. The fraction of sp³-hybridized carbons (Fsp3) is 0.652. The molecule has 2 aliphatic rings. The van der Waals surface area contributed by atoms with Gasteiger partial charge in [0.2, 0.25) is 5.91 Å². The third kappa shape index (κ3) is 4.09. The average molecular weight is 387 g/mol. The van der Waals surface area contributed by atoms with Gasteiger partial charge in [-0.05, 0) is 68.6 Å². The number of amides is 1. The van der Waals surface area contributed by atoms with Crippen molar-refractivity contribution in [1.29, 1.82) is 0 Å². The number of nitrogens with two attached hydrogens (primary N) is 1. The quantitative estimate of drug-likeness (QED) is 0.662. The largest absolute Gasteiger partial charge is 0.465 e. The van der Waals surface area contributed by atoms with Gasteiger partial charge in [0, 0.05) is 5.69 Å². The molecule has 2 fully saturated rings. The minimum Gasteiger partial charge on any atom is -0.465 e. The van der Waals surface area contributed by atoms with Crippen molar-refractivity contribution in [3.8, 4) is 0 Å². The van der Waals surface area contributed by atoms with E-state index in [0.717, 1.165) is 5.56 Å². The van der Waals surface area contributed by atoms with Crippen LogP contribution < -0.4 is 11.1 Å². The Hall–Kier alpha value is -1.88. The Morgan fingerprint density at radius 3 is 2.32 bits per heavy atom. The first-order valence-electron chi connectivity index (χ1n) is 10.5. The number of ether oxygens (including phenoxy) is 1. The fourth-order valence-corrected chi connectivity index (χ4v) is 4.41. The van der Waals surface area contributed by atoms with Crippen LogP contribution in [0, 0.1) is 17.3 Å². The lowest BCUT2D eigenvalue weighted by atomic mass is 9.66. The highest BCUT2D eigenvalue weighted by Crippen LogP contribution is 2.58. The molecule has 154 valence electrons. The molecule has 3 N–H and O–H groups in total. The van der Waals surface area contributed by atoms with Gasteiger partial charge in [-0.2, -0.15) is 0 Å². The van der Waals surface area contributed by atoms with Crippen LogP contribution in [-0.2, 0) is 19.7 Å². The average Bonchev–Trinajstić information content (AvgIpc) is 3.36. The van der Waals surface area contributed by atoms with Gasteiger partial charge >= 0.3 is 5.97 Å². The molecular formula is C23H34N2O3. The van der Waals surface area contributed by atoms with Gasteiger partial charge in [0.15, 0.2) is 0 Å². The minimum atomic E-state index is -0.731. The standard InChI is InChI=1S/C23H34N2O3/c1-5-28-21(27)22(2,3)16-9-11-17(12-10-16)25-20(26)19(24)18(15-7-6-8-15)23(4)13-14-23/h9-12,15,18-19H,5-8,13-14,24H2,1-4H3,(H,25,26)/t18?,19-/m0/s1. The molecule has 28 heavy (non-hydrogen) atoms.